The molecule has 2 amide bonds. The van der Waals surface area contributed by atoms with Gasteiger partial charge in [-0.05, 0) is 12.1 Å². The Bertz CT molecular complexity index is 1160. The van der Waals surface area contributed by atoms with E-state index in [0.29, 0.717) is 22.7 Å². The van der Waals surface area contributed by atoms with Gasteiger partial charge in [-0.15, -0.1) is 0 Å². The van der Waals surface area contributed by atoms with Crippen LogP contribution in [0, 0.1) is 22.7 Å². The lowest BCUT2D eigenvalue weighted by atomic mass is 10.1. The van der Waals surface area contributed by atoms with Crippen LogP contribution in [0.2, 0.25) is 0 Å². The summed E-state index contributed by atoms with van der Waals surface area (Å²) >= 11 is 0. The molecule has 136 valence electrons. The van der Waals surface area contributed by atoms with Crippen LogP contribution < -0.4 is 14.5 Å². The SMILES string of the molecule is COc1cc(C#N)ccc1N1C[C@@H](C#N)N(c2cncc3ccccc23)C1=O. The van der Waals surface area contributed by atoms with Crippen LogP contribution in [0.5, 0.6) is 5.75 Å². The van der Waals surface area contributed by atoms with Crippen molar-refractivity contribution in [3.05, 3.63) is 60.4 Å². The molecule has 1 aromatic heterocycles. The molecule has 28 heavy (non-hydrogen) atoms. The van der Waals surface area contributed by atoms with E-state index in [0.717, 1.165) is 10.8 Å². The highest BCUT2D eigenvalue weighted by Gasteiger charge is 2.41. The molecule has 1 atom stereocenters. The summed E-state index contributed by atoms with van der Waals surface area (Å²) in [5.74, 6) is 0.405. The first-order valence-corrected chi connectivity index (χ1v) is 8.59. The normalized spacial score (nSPS) is 16.1. The minimum Gasteiger partial charge on any atom is -0.495 e. The third-order valence-electron chi connectivity index (χ3n) is 4.76. The van der Waals surface area contributed by atoms with E-state index >= 15 is 0 Å². The summed E-state index contributed by atoms with van der Waals surface area (Å²) in [6.07, 6.45) is 3.33. The lowest BCUT2D eigenvalue weighted by Gasteiger charge is -2.22. The summed E-state index contributed by atoms with van der Waals surface area (Å²) in [5, 5.41) is 20.5. The van der Waals surface area contributed by atoms with Crippen LogP contribution in [0.25, 0.3) is 10.8 Å². The molecule has 1 aliphatic rings. The van der Waals surface area contributed by atoms with Gasteiger partial charge >= 0.3 is 6.03 Å². The number of carbonyl (C=O) groups excluding carboxylic acids is 1. The minimum absolute atomic E-state index is 0.181. The quantitative estimate of drug-likeness (QED) is 0.705. The molecular formula is C21H15N5O2. The maximum atomic E-state index is 13.3. The van der Waals surface area contributed by atoms with Crippen molar-refractivity contribution in [2.75, 3.05) is 23.5 Å². The Kier molecular flexibility index (Phi) is 4.27. The Morgan fingerprint density at radius 1 is 1.14 bits per heavy atom. The molecule has 0 N–H and O–H groups in total. The lowest BCUT2D eigenvalue weighted by molar-refractivity contribution is 0.255. The molecule has 1 fully saturated rings. The number of hydrogen-bond donors (Lipinski definition) is 0. The van der Waals surface area contributed by atoms with Gasteiger partial charge in [-0.3, -0.25) is 14.8 Å². The number of fused-ring (bicyclic) bond motifs is 1. The number of hydrogen-bond acceptors (Lipinski definition) is 5. The molecule has 0 unspecified atom stereocenters. The number of aromatic nitrogens is 1. The van der Waals surface area contributed by atoms with Crippen molar-refractivity contribution in [2.45, 2.75) is 6.04 Å². The summed E-state index contributed by atoms with van der Waals surface area (Å²) in [7, 11) is 1.48. The molecule has 0 saturated carbocycles. The monoisotopic (exact) mass is 369 g/mol. The molecule has 7 nitrogen and oxygen atoms in total. The fraction of sp³-hybridized carbons (Fsp3) is 0.143. The van der Waals surface area contributed by atoms with Gasteiger partial charge in [-0.2, -0.15) is 10.5 Å². The van der Waals surface area contributed by atoms with Crippen LogP contribution >= 0.6 is 0 Å². The van der Waals surface area contributed by atoms with Crippen molar-refractivity contribution < 1.29 is 9.53 Å². The maximum Gasteiger partial charge on any atom is 0.330 e. The first-order valence-electron chi connectivity index (χ1n) is 8.59. The summed E-state index contributed by atoms with van der Waals surface area (Å²) in [4.78, 5) is 20.5. The van der Waals surface area contributed by atoms with Crippen molar-refractivity contribution in [3.63, 3.8) is 0 Å². The van der Waals surface area contributed by atoms with Crippen LogP contribution in [-0.2, 0) is 0 Å². The topological polar surface area (TPSA) is 93.2 Å². The summed E-state index contributed by atoms with van der Waals surface area (Å²) in [5.41, 5.74) is 1.53. The predicted octanol–water partition coefficient (Wildman–Crippen LogP) is 3.45. The van der Waals surface area contributed by atoms with Gasteiger partial charge in [0.05, 0.1) is 48.9 Å². The highest BCUT2D eigenvalue weighted by Crippen LogP contribution is 2.36. The molecule has 2 aromatic carbocycles. The fourth-order valence-corrected chi connectivity index (χ4v) is 3.43. The fourth-order valence-electron chi connectivity index (χ4n) is 3.43. The first-order chi connectivity index (χ1) is 13.7. The number of benzene rings is 2. The van der Waals surface area contributed by atoms with E-state index in [1.165, 1.54) is 16.9 Å². The van der Waals surface area contributed by atoms with Crippen molar-refractivity contribution >= 4 is 28.2 Å². The van der Waals surface area contributed by atoms with E-state index in [1.807, 2.05) is 24.3 Å². The van der Waals surface area contributed by atoms with Crippen LogP contribution in [0.3, 0.4) is 0 Å². The number of carbonyl (C=O) groups is 1. The highest BCUT2D eigenvalue weighted by atomic mass is 16.5. The summed E-state index contributed by atoms with van der Waals surface area (Å²) in [6.45, 7) is 0.181. The largest absolute Gasteiger partial charge is 0.495 e. The third-order valence-corrected chi connectivity index (χ3v) is 4.76. The van der Waals surface area contributed by atoms with E-state index in [9.17, 15) is 10.1 Å². The Balaban J connectivity index is 1.81. The summed E-state index contributed by atoms with van der Waals surface area (Å²) in [6, 6.07) is 15.7. The zero-order valence-corrected chi connectivity index (χ0v) is 15.0. The van der Waals surface area contributed by atoms with Gasteiger partial charge < -0.3 is 4.74 Å². The second-order valence-electron chi connectivity index (χ2n) is 6.29. The molecule has 1 aliphatic heterocycles. The van der Waals surface area contributed by atoms with Gasteiger partial charge in [0.1, 0.15) is 11.8 Å². The van der Waals surface area contributed by atoms with E-state index in [-0.39, 0.29) is 12.6 Å². The second kappa shape index (κ2) is 6.90. The average Bonchev–Trinajstić information content (AvgIpc) is 3.08. The van der Waals surface area contributed by atoms with E-state index in [2.05, 4.69) is 17.1 Å². The van der Waals surface area contributed by atoms with Gasteiger partial charge in [0.25, 0.3) is 0 Å². The van der Waals surface area contributed by atoms with Crippen molar-refractivity contribution in [3.8, 4) is 17.9 Å². The van der Waals surface area contributed by atoms with Crippen LogP contribution in [0.4, 0.5) is 16.2 Å². The van der Waals surface area contributed by atoms with Crippen LogP contribution in [0.15, 0.2) is 54.9 Å². The number of pyridine rings is 1. The Morgan fingerprint density at radius 3 is 2.71 bits per heavy atom. The van der Waals surface area contributed by atoms with Gasteiger partial charge in [0.2, 0.25) is 0 Å². The number of anilines is 2. The predicted molar refractivity (Wildman–Crippen MR) is 104 cm³/mol. The standard InChI is InChI=1S/C21H15N5O2/c1-28-20-8-14(9-22)6-7-18(20)25-13-16(10-23)26(21(25)27)19-12-24-11-15-4-2-3-5-17(15)19/h2-8,11-12,16H,13H2,1H3/t16-/m1/s1. The number of methoxy groups -OCH3 is 1. The molecule has 2 heterocycles. The molecule has 7 heteroatoms. The number of urea groups is 1. The Morgan fingerprint density at radius 2 is 1.96 bits per heavy atom. The number of rotatable bonds is 3. The maximum absolute atomic E-state index is 13.3. The number of ether oxygens (including phenoxy) is 1. The number of amides is 2. The minimum atomic E-state index is -0.680. The van der Waals surface area contributed by atoms with Crippen molar-refractivity contribution in [1.82, 2.24) is 4.98 Å². The van der Waals surface area contributed by atoms with Gasteiger partial charge in [-0.25, -0.2) is 4.79 Å². The summed E-state index contributed by atoms with van der Waals surface area (Å²) < 4.78 is 5.37. The smallest absolute Gasteiger partial charge is 0.330 e. The second-order valence-corrected chi connectivity index (χ2v) is 6.29. The van der Waals surface area contributed by atoms with E-state index in [1.54, 1.807) is 30.6 Å². The lowest BCUT2D eigenvalue weighted by Crippen LogP contribution is -2.34. The molecule has 1 saturated heterocycles. The van der Waals surface area contributed by atoms with Gasteiger partial charge in [0.15, 0.2) is 0 Å². The average molecular weight is 369 g/mol. The number of nitrogens with zero attached hydrogens (tertiary/aromatic N) is 5. The Labute approximate surface area is 161 Å². The van der Waals surface area contributed by atoms with E-state index in [4.69, 9.17) is 10.00 Å². The highest BCUT2D eigenvalue weighted by molar-refractivity contribution is 6.12. The van der Waals surface area contributed by atoms with Crippen LogP contribution in [0.1, 0.15) is 5.56 Å². The zero-order valence-electron chi connectivity index (χ0n) is 15.0. The molecule has 0 bridgehead atoms. The zero-order chi connectivity index (χ0) is 19.7. The Hall–Kier alpha value is -4.10. The molecule has 0 spiro atoms. The molecule has 0 radical (unpaired) electrons. The van der Waals surface area contributed by atoms with Gasteiger partial charge in [-0.1, -0.05) is 24.3 Å². The molecule has 0 aliphatic carbocycles. The van der Waals surface area contributed by atoms with Crippen molar-refractivity contribution in [1.29, 1.82) is 10.5 Å². The molecule has 3 aromatic rings. The molecule has 4 rings (SSSR count). The van der Waals surface area contributed by atoms with Crippen molar-refractivity contribution in [2.24, 2.45) is 0 Å². The van der Waals surface area contributed by atoms with Gasteiger partial charge in [0, 0.05) is 23.0 Å². The molecular weight excluding hydrogens is 354 g/mol. The third kappa shape index (κ3) is 2.67. The first kappa shape index (κ1) is 17.3. The number of nitriles is 2. The van der Waals surface area contributed by atoms with E-state index < -0.39 is 6.04 Å². The van der Waals surface area contributed by atoms with Crippen LogP contribution in [-0.4, -0.2) is 30.7 Å².